The lowest BCUT2D eigenvalue weighted by Crippen LogP contribution is -2.11. The van der Waals surface area contributed by atoms with Crippen LogP contribution in [0.2, 0.25) is 0 Å². The quantitative estimate of drug-likeness (QED) is 0.831. The van der Waals surface area contributed by atoms with Crippen LogP contribution in [0.15, 0.2) is 48.7 Å². The summed E-state index contributed by atoms with van der Waals surface area (Å²) in [5, 5.41) is 2.82. The van der Waals surface area contributed by atoms with Crippen molar-refractivity contribution in [1.82, 2.24) is 4.98 Å². The van der Waals surface area contributed by atoms with Crippen LogP contribution < -0.4 is 5.32 Å². The number of hydrogen-bond acceptors (Lipinski definition) is 2. The number of carbonyl (C=O) groups is 1. The van der Waals surface area contributed by atoms with Crippen molar-refractivity contribution in [2.75, 3.05) is 5.32 Å². The molecule has 0 saturated heterocycles. The van der Waals surface area contributed by atoms with Crippen LogP contribution in [0.4, 0.5) is 5.69 Å². The Morgan fingerprint density at radius 3 is 2.62 bits per heavy atom. The van der Waals surface area contributed by atoms with Crippen molar-refractivity contribution >= 4 is 11.6 Å². The van der Waals surface area contributed by atoms with Gasteiger partial charge in [0.1, 0.15) is 0 Å². The first-order chi connectivity index (χ1) is 7.75. The summed E-state index contributed by atoms with van der Waals surface area (Å²) < 4.78 is 0. The number of amides is 1. The van der Waals surface area contributed by atoms with Crippen molar-refractivity contribution in [3.63, 3.8) is 0 Å². The molecule has 3 nitrogen and oxygen atoms in total. The Morgan fingerprint density at radius 1 is 1.19 bits per heavy atom. The minimum atomic E-state index is -0.105. The van der Waals surface area contributed by atoms with Gasteiger partial charge in [0, 0.05) is 23.1 Å². The van der Waals surface area contributed by atoms with E-state index in [2.05, 4.69) is 10.3 Å². The molecule has 2 aromatic rings. The summed E-state index contributed by atoms with van der Waals surface area (Å²) >= 11 is 0. The van der Waals surface area contributed by atoms with E-state index in [0.717, 1.165) is 11.4 Å². The molecular weight excluding hydrogens is 200 g/mol. The lowest BCUT2D eigenvalue weighted by atomic mass is 10.2. The Kier molecular flexibility index (Phi) is 2.96. The molecule has 80 valence electrons. The van der Waals surface area contributed by atoms with E-state index in [1.54, 1.807) is 24.4 Å². The largest absolute Gasteiger partial charge is 0.322 e. The summed E-state index contributed by atoms with van der Waals surface area (Å²) in [5.41, 5.74) is 2.30. The van der Waals surface area contributed by atoms with Gasteiger partial charge in [0.15, 0.2) is 0 Å². The predicted molar refractivity (Wildman–Crippen MR) is 63.4 cm³/mol. The second kappa shape index (κ2) is 4.57. The van der Waals surface area contributed by atoms with E-state index in [-0.39, 0.29) is 5.91 Å². The van der Waals surface area contributed by atoms with Gasteiger partial charge in [0.25, 0.3) is 5.91 Å². The Balaban J connectivity index is 2.14. The Morgan fingerprint density at radius 2 is 1.94 bits per heavy atom. The summed E-state index contributed by atoms with van der Waals surface area (Å²) in [6.07, 6.45) is 1.68. The highest BCUT2D eigenvalue weighted by atomic mass is 16.1. The maximum Gasteiger partial charge on any atom is 0.255 e. The van der Waals surface area contributed by atoms with Crippen LogP contribution in [0.1, 0.15) is 16.1 Å². The van der Waals surface area contributed by atoms with Gasteiger partial charge < -0.3 is 5.32 Å². The highest BCUT2D eigenvalue weighted by Crippen LogP contribution is 2.09. The van der Waals surface area contributed by atoms with E-state index in [1.165, 1.54) is 0 Å². The van der Waals surface area contributed by atoms with Crippen LogP contribution in [0.3, 0.4) is 0 Å². The summed E-state index contributed by atoms with van der Waals surface area (Å²) in [6, 6.07) is 12.7. The summed E-state index contributed by atoms with van der Waals surface area (Å²) in [4.78, 5) is 15.9. The van der Waals surface area contributed by atoms with Crippen LogP contribution in [0.5, 0.6) is 0 Å². The van der Waals surface area contributed by atoms with E-state index >= 15 is 0 Å². The van der Waals surface area contributed by atoms with Gasteiger partial charge >= 0.3 is 0 Å². The van der Waals surface area contributed by atoms with Crippen LogP contribution in [0, 0.1) is 6.92 Å². The summed E-state index contributed by atoms with van der Waals surface area (Å²) in [7, 11) is 0. The van der Waals surface area contributed by atoms with Crippen LogP contribution in [-0.4, -0.2) is 10.9 Å². The average molecular weight is 212 g/mol. The number of pyridine rings is 1. The molecule has 2 rings (SSSR count). The van der Waals surface area contributed by atoms with E-state index in [4.69, 9.17) is 0 Å². The average Bonchev–Trinajstić information content (AvgIpc) is 2.30. The van der Waals surface area contributed by atoms with E-state index in [0.29, 0.717) is 5.56 Å². The molecule has 16 heavy (non-hydrogen) atoms. The molecule has 0 fully saturated rings. The standard InChI is InChI=1S/C13H12N2O/c1-10-9-12(7-8-14-10)15-13(16)11-5-3-2-4-6-11/h2-9H,1H3,(H,14,15,16). The van der Waals surface area contributed by atoms with Gasteiger partial charge in [0.2, 0.25) is 0 Å². The molecule has 0 aliphatic heterocycles. The van der Waals surface area contributed by atoms with Crippen molar-refractivity contribution in [2.45, 2.75) is 6.92 Å². The number of nitrogens with zero attached hydrogens (tertiary/aromatic N) is 1. The molecule has 0 aliphatic carbocycles. The Bertz CT molecular complexity index is 494. The number of nitrogens with one attached hydrogen (secondary N) is 1. The topological polar surface area (TPSA) is 42.0 Å². The zero-order chi connectivity index (χ0) is 11.4. The van der Waals surface area contributed by atoms with Gasteiger partial charge in [-0.3, -0.25) is 9.78 Å². The van der Waals surface area contributed by atoms with E-state index < -0.39 is 0 Å². The molecule has 1 aromatic heterocycles. The van der Waals surface area contributed by atoms with Crippen LogP contribution in [0.25, 0.3) is 0 Å². The van der Waals surface area contributed by atoms with Gasteiger partial charge in [-0.05, 0) is 31.2 Å². The molecule has 0 radical (unpaired) electrons. The normalized spacial score (nSPS) is 9.81. The Hall–Kier alpha value is -2.16. The van der Waals surface area contributed by atoms with Gasteiger partial charge in [-0.1, -0.05) is 18.2 Å². The number of carbonyl (C=O) groups excluding carboxylic acids is 1. The molecule has 0 unspecified atom stereocenters. The van der Waals surface area contributed by atoms with Gasteiger partial charge in [-0.25, -0.2) is 0 Å². The fourth-order valence-electron chi connectivity index (χ4n) is 1.42. The molecule has 0 atom stereocenters. The second-order valence-electron chi connectivity index (χ2n) is 3.51. The molecular formula is C13H12N2O. The Labute approximate surface area is 94.1 Å². The SMILES string of the molecule is Cc1cc(NC(=O)c2ccccc2)ccn1. The molecule has 0 saturated carbocycles. The third-order valence-electron chi connectivity index (χ3n) is 2.19. The zero-order valence-corrected chi connectivity index (χ0v) is 8.97. The molecule has 0 bridgehead atoms. The summed E-state index contributed by atoms with van der Waals surface area (Å²) in [5.74, 6) is -0.105. The van der Waals surface area contributed by atoms with E-state index in [9.17, 15) is 4.79 Å². The van der Waals surface area contributed by atoms with Gasteiger partial charge in [-0.2, -0.15) is 0 Å². The number of rotatable bonds is 2. The number of anilines is 1. The first-order valence-electron chi connectivity index (χ1n) is 5.05. The predicted octanol–water partition coefficient (Wildman–Crippen LogP) is 2.64. The number of hydrogen-bond donors (Lipinski definition) is 1. The zero-order valence-electron chi connectivity index (χ0n) is 8.97. The molecule has 1 amide bonds. The molecule has 1 heterocycles. The van der Waals surface area contributed by atoms with Crippen molar-refractivity contribution in [3.8, 4) is 0 Å². The third-order valence-corrected chi connectivity index (χ3v) is 2.19. The molecule has 1 N–H and O–H groups in total. The highest BCUT2D eigenvalue weighted by Gasteiger charge is 2.04. The van der Waals surface area contributed by atoms with Crippen molar-refractivity contribution in [3.05, 3.63) is 59.9 Å². The lowest BCUT2D eigenvalue weighted by Gasteiger charge is -2.05. The van der Waals surface area contributed by atoms with Crippen molar-refractivity contribution in [1.29, 1.82) is 0 Å². The lowest BCUT2D eigenvalue weighted by molar-refractivity contribution is 0.102. The molecule has 0 spiro atoms. The second-order valence-corrected chi connectivity index (χ2v) is 3.51. The maximum absolute atomic E-state index is 11.8. The third kappa shape index (κ3) is 2.45. The fourth-order valence-corrected chi connectivity index (χ4v) is 1.42. The van der Waals surface area contributed by atoms with Crippen LogP contribution in [-0.2, 0) is 0 Å². The first-order valence-corrected chi connectivity index (χ1v) is 5.05. The van der Waals surface area contributed by atoms with Crippen molar-refractivity contribution in [2.24, 2.45) is 0 Å². The number of benzene rings is 1. The van der Waals surface area contributed by atoms with Gasteiger partial charge in [-0.15, -0.1) is 0 Å². The van der Waals surface area contributed by atoms with E-state index in [1.807, 2.05) is 31.2 Å². The first kappa shape index (κ1) is 10.4. The molecule has 1 aromatic carbocycles. The van der Waals surface area contributed by atoms with Gasteiger partial charge in [0.05, 0.1) is 0 Å². The van der Waals surface area contributed by atoms with Crippen LogP contribution >= 0.6 is 0 Å². The molecule has 3 heteroatoms. The summed E-state index contributed by atoms with van der Waals surface area (Å²) in [6.45, 7) is 1.89. The smallest absolute Gasteiger partial charge is 0.255 e. The molecule has 0 aliphatic rings. The monoisotopic (exact) mass is 212 g/mol. The maximum atomic E-state index is 11.8. The number of aryl methyl sites for hydroxylation is 1. The number of aromatic nitrogens is 1. The minimum absolute atomic E-state index is 0.105. The highest BCUT2D eigenvalue weighted by molar-refractivity contribution is 6.04. The van der Waals surface area contributed by atoms with Crippen molar-refractivity contribution < 1.29 is 4.79 Å². The minimum Gasteiger partial charge on any atom is -0.322 e. The fraction of sp³-hybridized carbons (Fsp3) is 0.0769.